The summed E-state index contributed by atoms with van der Waals surface area (Å²) >= 11 is 3.15. The van der Waals surface area contributed by atoms with Gasteiger partial charge in [-0.25, -0.2) is 4.98 Å². The molecule has 2 nitrogen and oxygen atoms in total. The van der Waals surface area contributed by atoms with Crippen LogP contribution in [0.5, 0.6) is 0 Å². The zero-order valence-corrected chi connectivity index (χ0v) is 10.6. The van der Waals surface area contributed by atoms with E-state index in [-0.39, 0.29) is 0 Å². The number of aryl methyl sites for hydroxylation is 3. The number of hydrogen-bond donors (Lipinski definition) is 0. The van der Waals surface area contributed by atoms with Crippen molar-refractivity contribution in [2.24, 2.45) is 0 Å². The largest absolute Gasteiger partial charge is 0.213 e. The number of nitrogens with zero attached hydrogens (tertiary/aromatic N) is 2. The van der Waals surface area contributed by atoms with E-state index in [4.69, 9.17) is 0 Å². The second-order valence-electron chi connectivity index (χ2n) is 3.48. The predicted molar refractivity (Wildman–Crippen MR) is 64.7 cm³/mol. The first-order valence-corrected chi connectivity index (χ1v) is 6.29. The number of benzene rings is 1. The fourth-order valence-electron chi connectivity index (χ4n) is 1.23. The van der Waals surface area contributed by atoms with Crippen molar-refractivity contribution in [2.45, 2.75) is 30.0 Å². The van der Waals surface area contributed by atoms with Gasteiger partial charge in [0.15, 0.2) is 4.34 Å². The Hall–Kier alpha value is -0.870. The molecule has 0 bridgehead atoms. The highest BCUT2D eigenvalue weighted by Gasteiger charge is 2.05. The van der Waals surface area contributed by atoms with Crippen molar-refractivity contribution in [2.75, 3.05) is 0 Å². The summed E-state index contributed by atoms with van der Waals surface area (Å²) in [4.78, 5) is 5.62. The van der Waals surface area contributed by atoms with E-state index in [1.54, 1.807) is 11.8 Å². The minimum absolute atomic E-state index is 0.854. The van der Waals surface area contributed by atoms with Crippen molar-refractivity contribution in [1.82, 2.24) is 9.36 Å². The van der Waals surface area contributed by atoms with Crippen LogP contribution >= 0.6 is 23.3 Å². The summed E-state index contributed by atoms with van der Waals surface area (Å²) in [6.45, 7) is 6.15. The van der Waals surface area contributed by atoms with Gasteiger partial charge in [0, 0.05) is 4.90 Å². The maximum Gasteiger partial charge on any atom is 0.174 e. The lowest BCUT2D eigenvalue weighted by atomic mass is 10.2. The van der Waals surface area contributed by atoms with Crippen LogP contribution in [0.1, 0.15) is 17.0 Å². The molecule has 0 aliphatic carbocycles. The highest BCUT2D eigenvalue weighted by atomic mass is 32.2. The van der Waals surface area contributed by atoms with Crippen LogP contribution in [0.4, 0.5) is 0 Å². The Kier molecular flexibility index (Phi) is 3.07. The summed E-state index contributed by atoms with van der Waals surface area (Å²) in [5, 5.41) is 0. The fourth-order valence-corrected chi connectivity index (χ4v) is 3.02. The number of aromatic nitrogens is 2. The zero-order valence-electron chi connectivity index (χ0n) is 8.94. The summed E-state index contributed by atoms with van der Waals surface area (Å²) in [7, 11) is 0. The molecule has 0 unspecified atom stereocenters. The highest BCUT2D eigenvalue weighted by Crippen LogP contribution is 2.31. The molecular formula is C11H12N2S2. The summed E-state index contributed by atoms with van der Waals surface area (Å²) in [6.07, 6.45) is 0. The van der Waals surface area contributed by atoms with Crippen LogP contribution in [-0.4, -0.2) is 9.36 Å². The van der Waals surface area contributed by atoms with Gasteiger partial charge in [0.25, 0.3) is 0 Å². The topological polar surface area (TPSA) is 25.8 Å². The summed E-state index contributed by atoms with van der Waals surface area (Å²) < 4.78 is 5.19. The Morgan fingerprint density at radius 2 is 2.00 bits per heavy atom. The van der Waals surface area contributed by atoms with Crippen LogP contribution < -0.4 is 0 Å². The molecular weight excluding hydrogens is 224 g/mol. The average Bonchev–Trinajstić information content (AvgIpc) is 2.58. The van der Waals surface area contributed by atoms with E-state index in [0.717, 1.165) is 10.2 Å². The molecule has 0 aliphatic heterocycles. The lowest BCUT2D eigenvalue weighted by molar-refractivity contribution is 1.10. The van der Waals surface area contributed by atoms with Crippen molar-refractivity contribution >= 4 is 23.3 Å². The molecule has 1 aromatic heterocycles. The molecule has 0 amide bonds. The summed E-state index contributed by atoms with van der Waals surface area (Å²) in [5.74, 6) is 0.854. The van der Waals surface area contributed by atoms with Crippen molar-refractivity contribution in [3.8, 4) is 0 Å². The van der Waals surface area contributed by atoms with E-state index < -0.39 is 0 Å². The average molecular weight is 236 g/mol. The third-order valence-corrected chi connectivity index (χ3v) is 4.05. The molecule has 1 heterocycles. The second-order valence-corrected chi connectivity index (χ2v) is 5.52. The normalized spacial score (nSPS) is 10.6. The number of rotatable bonds is 2. The highest BCUT2D eigenvalue weighted by molar-refractivity contribution is 8.01. The van der Waals surface area contributed by atoms with Crippen LogP contribution in [-0.2, 0) is 0 Å². The van der Waals surface area contributed by atoms with Gasteiger partial charge in [0.2, 0.25) is 0 Å². The predicted octanol–water partition coefficient (Wildman–Crippen LogP) is 3.61. The van der Waals surface area contributed by atoms with Crippen LogP contribution in [0.3, 0.4) is 0 Å². The van der Waals surface area contributed by atoms with Gasteiger partial charge in [0.1, 0.15) is 5.82 Å². The first-order valence-electron chi connectivity index (χ1n) is 4.70. The second kappa shape index (κ2) is 4.33. The van der Waals surface area contributed by atoms with Crippen molar-refractivity contribution in [1.29, 1.82) is 0 Å². The quantitative estimate of drug-likeness (QED) is 0.796. The Morgan fingerprint density at radius 1 is 1.20 bits per heavy atom. The van der Waals surface area contributed by atoms with Gasteiger partial charge >= 0.3 is 0 Å². The molecule has 2 rings (SSSR count). The van der Waals surface area contributed by atoms with Crippen LogP contribution in [0.15, 0.2) is 27.4 Å². The maximum atomic E-state index is 4.35. The zero-order chi connectivity index (χ0) is 10.8. The van der Waals surface area contributed by atoms with Crippen LogP contribution in [0.25, 0.3) is 0 Å². The van der Waals surface area contributed by atoms with E-state index >= 15 is 0 Å². The molecule has 78 valence electrons. The number of hydrogen-bond acceptors (Lipinski definition) is 4. The monoisotopic (exact) mass is 236 g/mol. The molecule has 0 aliphatic rings. The van der Waals surface area contributed by atoms with Crippen molar-refractivity contribution < 1.29 is 0 Å². The van der Waals surface area contributed by atoms with Crippen LogP contribution in [0.2, 0.25) is 0 Å². The molecule has 1 aromatic carbocycles. The van der Waals surface area contributed by atoms with E-state index in [0.29, 0.717) is 0 Å². The molecule has 0 saturated heterocycles. The van der Waals surface area contributed by atoms with Gasteiger partial charge in [-0.15, -0.1) is 0 Å². The van der Waals surface area contributed by atoms with Crippen molar-refractivity contribution in [3.63, 3.8) is 0 Å². The van der Waals surface area contributed by atoms with E-state index in [1.807, 2.05) is 6.92 Å². The Morgan fingerprint density at radius 3 is 2.67 bits per heavy atom. The van der Waals surface area contributed by atoms with Gasteiger partial charge in [0.05, 0.1) is 0 Å². The van der Waals surface area contributed by atoms with E-state index in [9.17, 15) is 0 Å². The molecule has 2 aromatic rings. The lowest BCUT2D eigenvalue weighted by Crippen LogP contribution is -1.81. The molecule has 0 atom stereocenters. The Bertz CT molecular complexity index is 477. The first-order chi connectivity index (χ1) is 7.15. The summed E-state index contributed by atoms with van der Waals surface area (Å²) in [6, 6.07) is 6.47. The fraction of sp³-hybridized carbons (Fsp3) is 0.273. The molecule has 0 saturated carbocycles. The molecule has 4 heteroatoms. The SMILES string of the molecule is Cc1ccc(C)c(Sc2nc(C)ns2)c1. The molecule has 0 radical (unpaired) electrons. The van der Waals surface area contributed by atoms with Gasteiger partial charge in [-0.2, -0.15) is 4.37 Å². The third kappa shape index (κ3) is 2.58. The van der Waals surface area contributed by atoms with Gasteiger partial charge in [-0.3, -0.25) is 0 Å². The standard InChI is InChI=1S/C11H12N2S2/c1-7-4-5-8(2)10(6-7)14-11-12-9(3)13-15-11/h4-6H,1-3H3. The van der Waals surface area contributed by atoms with Gasteiger partial charge < -0.3 is 0 Å². The molecule has 0 N–H and O–H groups in total. The van der Waals surface area contributed by atoms with Gasteiger partial charge in [-0.05, 0) is 49.5 Å². The molecule has 15 heavy (non-hydrogen) atoms. The smallest absolute Gasteiger partial charge is 0.174 e. The summed E-state index contributed by atoms with van der Waals surface area (Å²) in [5.41, 5.74) is 2.57. The van der Waals surface area contributed by atoms with Gasteiger partial charge in [-0.1, -0.05) is 23.9 Å². The maximum absolute atomic E-state index is 4.35. The minimum atomic E-state index is 0.854. The molecule has 0 spiro atoms. The van der Waals surface area contributed by atoms with Crippen molar-refractivity contribution in [3.05, 3.63) is 35.2 Å². The van der Waals surface area contributed by atoms with E-state index in [1.165, 1.54) is 27.6 Å². The van der Waals surface area contributed by atoms with Crippen LogP contribution in [0, 0.1) is 20.8 Å². The third-order valence-electron chi connectivity index (χ3n) is 2.05. The molecule has 0 fully saturated rings. The first kappa shape index (κ1) is 10.6. The van der Waals surface area contributed by atoms with E-state index in [2.05, 4.69) is 41.4 Å². The Labute approximate surface area is 97.9 Å². The Balaban J connectivity index is 2.27. The lowest BCUT2D eigenvalue weighted by Gasteiger charge is -2.03. The minimum Gasteiger partial charge on any atom is -0.213 e.